The van der Waals surface area contributed by atoms with Crippen LogP contribution in [0.2, 0.25) is 0 Å². The number of hydrogen-bond donors (Lipinski definition) is 2. The van der Waals surface area contributed by atoms with Gasteiger partial charge in [0.1, 0.15) is 0 Å². The second kappa shape index (κ2) is 8.20. The fourth-order valence-electron chi connectivity index (χ4n) is 3.48. The van der Waals surface area contributed by atoms with Gasteiger partial charge >= 0.3 is 5.69 Å². The van der Waals surface area contributed by atoms with Crippen molar-refractivity contribution >= 4 is 17.7 Å². The molecule has 0 spiro atoms. The predicted molar refractivity (Wildman–Crippen MR) is 92.1 cm³/mol. The van der Waals surface area contributed by atoms with Gasteiger partial charge in [0.05, 0.1) is 18.4 Å². The summed E-state index contributed by atoms with van der Waals surface area (Å²) in [5.74, 6) is 0.826. The molecule has 1 amide bonds. The van der Waals surface area contributed by atoms with Gasteiger partial charge in [-0.15, -0.1) is 5.10 Å². The third-order valence-corrected chi connectivity index (χ3v) is 5.90. The van der Waals surface area contributed by atoms with Crippen LogP contribution in [0.4, 0.5) is 0 Å². The molecule has 1 saturated heterocycles. The van der Waals surface area contributed by atoms with E-state index in [2.05, 4.69) is 22.4 Å². The molecule has 1 aliphatic heterocycles. The maximum atomic E-state index is 12.2. The van der Waals surface area contributed by atoms with Crippen molar-refractivity contribution in [2.24, 2.45) is 5.92 Å². The molecule has 3 atom stereocenters. The smallest absolute Gasteiger partial charge is 0.344 e. The molecule has 1 aliphatic carbocycles. The maximum absolute atomic E-state index is 12.2. The number of carbonyl (C=O) groups is 1. The quantitative estimate of drug-likeness (QED) is 0.757. The molecule has 7 nitrogen and oxygen atoms in total. The van der Waals surface area contributed by atoms with Crippen LogP contribution in [-0.2, 0) is 16.1 Å². The minimum atomic E-state index is -0.241. The van der Waals surface area contributed by atoms with E-state index in [1.807, 2.05) is 0 Å². The number of aromatic amines is 1. The highest BCUT2D eigenvalue weighted by atomic mass is 32.2. The van der Waals surface area contributed by atoms with Gasteiger partial charge in [-0.2, -0.15) is 0 Å². The molecule has 24 heavy (non-hydrogen) atoms. The molecule has 2 aliphatic rings. The number of nitrogens with one attached hydrogen (secondary N) is 2. The van der Waals surface area contributed by atoms with Crippen molar-refractivity contribution in [3.05, 3.63) is 10.5 Å². The molecule has 3 unspecified atom stereocenters. The van der Waals surface area contributed by atoms with Crippen molar-refractivity contribution in [1.29, 1.82) is 0 Å². The number of nitrogens with zero attached hydrogens (tertiary/aromatic N) is 2. The van der Waals surface area contributed by atoms with Crippen molar-refractivity contribution in [3.8, 4) is 0 Å². The Morgan fingerprint density at radius 3 is 2.96 bits per heavy atom. The van der Waals surface area contributed by atoms with Crippen LogP contribution in [0.5, 0.6) is 0 Å². The molecular formula is C16H26N4O3S. The molecule has 2 fully saturated rings. The molecule has 0 bridgehead atoms. The molecule has 1 aromatic rings. The molecule has 3 rings (SSSR count). The predicted octanol–water partition coefficient (Wildman–Crippen LogP) is 1.54. The van der Waals surface area contributed by atoms with Gasteiger partial charge in [0.15, 0.2) is 5.16 Å². The lowest BCUT2D eigenvalue weighted by Crippen LogP contribution is -2.41. The highest BCUT2D eigenvalue weighted by Gasteiger charge is 2.24. The Bertz CT molecular complexity index is 609. The summed E-state index contributed by atoms with van der Waals surface area (Å²) in [5, 5.41) is 10.2. The van der Waals surface area contributed by atoms with E-state index >= 15 is 0 Å². The summed E-state index contributed by atoms with van der Waals surface area (Å²) in [6.45, 7) is 3.45. The van der Waals surface area contributed by atoms with Crippen molar-refractivity contribution in [2.75, 3.05) is 12.4 Å². The van der Waals surface area contributed by atoms with Gasteiger partial charge in [-0.05, 0) is 31.6 Å². The summed E-state index contributed by atoms with van der Waals surface area (Å²) in [7, 11) is 0. The number of ether oxygens (including phenoxy) is 1. The molecule has 0 radical (unpaired) electrons. The Morgan fingerprint density at radius 2 is 2.21 bits per heavy atom. The van der Waals surface area contributed by atoms with Crippen LogP contribution in [0.15, 0.2) is 9.95 Å². The lowest BCUT2D eigenvalue weighted by atomic mass is 9.86. The molecule has 134 valence electrons. The standard InChI is InChI=1S/C16H26N4O3S/c1-11-5-2-3-7-13(11)17-14(21)10-24-16-19-18-15(22)20(16)9-12-6-4-8-23-12/h11-13H,2-10H2,1H3,(H,17,21)(H,18,22). The van der Waals surface area contributed by atoms with Gasteiger partial charge in [0.25, 0.3) is 0 Å². The Balaban J connectivity index is 1.52. The van der Waals surface area contributed by atoms with Gasteiger partial charge in [-0.1, -0.05) is 31.5 Å². The van der Waals surface area contributed by atoms with Gasteiger partial charge in [-0.25, -0.2) is 9.89 Å². The topological polar surface area (TPSA) is 89.0 Å². The van der Waals surface area contributed by atoms with E-state index in [4.69, 9.17) is 4.74 Å². The van der Waals surface area contributed by atoms with E-state index in [-0.39, 0.29) is 29.5 Å². The van der Waals surface area contributed by atoms with Gasteiger partial charge in [0.2, 0.25) is 5.91 Å². The van der Waals surface area contributed by atoms with Crippen LogP contribution in [-0.4, -0.2) is 45.2 Å². The first-order valence-electron chi connectivity index (χ1n) is 8.82. The number of carbonyl (C=O) groups excluding carboxylic acids is 1. The lowest BCUT2D eigenvalue weighted by molar-refractivity contribution is -0.119. The summed E-state index contributed by atoms with van der Waals surface area (Å²) >= 11 is 1.30. The van der Waals surface area contributed by atoms with Gasteiger partial charge in [0, 0.05) is 12.6 Å². The van der Waals surface area contributed by atoms with Crippen molar-refractivity contribution in [2.45, 2.75) is 69.3 Å². The van der Waals surface area contributed by atoms with Crippen LogP contribution in [0.1, 0.15) is 45.4 Å². The van der Waals surface area contributed by atoms with Crippen LogP contribution in [0.25, 0.3) is 0 Å². The monoisotopic (exact) mass is 354 g/mol. The number of amides is 1. The van der Waals surface area contributed by atoms with Crippen molar-refractivity contribution in [1.82, 2.24) is 20.1 Å². The minimum absolute atomic E-state index is 0.0119. The second-order valence-corrected chi connectivity index (χ2v) is 7.72. The van der Waals surface area contributed by atoms with Gasteiger partial charge < -0.3 is 10.1 Å². The van der Waals surface area contributed by atoms with Crippen LogP contribution < -0.4 is 11.0 Å². The molecule has 1 aromatic heterocycles. The number of hydrogen-bond acceptors (Lipinski definition) is 5. The Hall–Kier alpha value is -1.28. The number of thioether (sulfide) groups is 1. The highest BCUT2D eigenvalue weighted by Crippen LogP contribution is 2.24. The molecule has 2 N–H and O–H groups in total. The average molecular weight is 354 g/mol. The SMILES string of the molecule is CC1CCCCC1NC(=O)CSc1n[nH]c(=O)n1CC1CCCO1. The zero-order chi connectivity index (χ0) is 16.9. The second-order valence-electron chi connectivity index (χ2n) is 6.78. The molecular weight excluding hydrogens is 328 g/mol. The number of aromatic nitrogens is 3. The molecule has 1 saturated carbocycles. The van der Waals surface area contributed by atoms with E-state index in [1.165, 1.54) is 31.0 Å². The lowest BCUT2D eigenvalue weighted by Gasteiger charge is -2.29. The number of rotatable bonds is 6. The summed E-state index contributed by atoms with van der Waals surface area (Å²) in [6.07, 6.45) is 6.73. The Morgan fingerprint density at radius 1 is 1.38 bits per heavy atom. The average Bonchev–Trinajstić information content (AvgIpc) is 3.19. The zero-order valence-corrected chi connectivity index (χ0v) is 14.9. The highest BCUT2D eigenvalue weighted by molar-refractivity contribution is 7.99. The van der Waals surface area contributed by atoms with Crippen LogP contribution in [0.3, 0.4) is 0 Å². The molecule has 2 heterocycles. The van der Waals surface area contributed by atoms with Crippen LogP contribution in [0, 0.1) is 5.92 Å². The third kappa shape index (κ3) is 4.42. The fraction of sp³-hybridized carbons (Fsp3) is 0.812. The normalized spacial score (nSPS) is 27.3. The van der Waals surface area contributed by atoms with E-state index in [1.54, 1.807) is 4.57 Å². The van der Waals surface area contributed by atoms with Crippen molar-refractivity contribution < 1.29 is 9.53 Å². The summed E-state index contributed by atoms with van der Waals surface area (Å²) in [4.78, 5) is 24.1. The van der Waals surface area contributed by atoms with E-state index in [0.717, 1.165) is 25.9 Å². The first kappa shape index (κ1) is 17.5. The van der Waals surface area contributed by atoms with E-state index < -0.39 is 0 Å². The number of H-pyrrole nitrogens is 1. The zero-order valence-electron chi connectivity index (χ0n) is 14.1. The maximum Gasteiger partial charge on any atom is 0.344 e. The largest absolute Gasteiger partial charge is 0.376 e. The Kier molecular flexibility index (Phi) is 5.99. The van der Waals surface area contributed by atoms with Crippen LogP contribution >= 0.6 is 11.8 Å². The first-order valence-corrected chi connectivity index (χ1v) is 9.81. The molecule has 8 heteroatoms. The van der Waals surface area contributed by atoms with Crippen molar-refractivity contribution in [3.63, 3.8) is 0 Å². The third-order valence-electron chi connectivity index (χ3n) is 4.92. The summed E-state index contributed by atoms with van der Waals surface area (Å²) < 4.78 is 7.16. The van der Waals surface area contributed by atoms with Gasteiger partial charge in [-0.3, -0.25) is 9.36 Å². The fourth-order valence-corrected chi connectivity index (χ4v) is 4.24. The van der Waals surface area contributed by atoms with E-state index in [0.29, 0.717) is 17.6 Å². The minimum Gasteiger partial charge on any atom is -0.376 e. The summed E-state index contributed by atoms with van der Waals surface area (Å²) in [5.41, 5.74) is -0.241. The Labute approximate surface area is 145 Å². The first-order chi connectivity index (χ1) is 11.6. The summed E-state index contributed by atoms with van der Waals surface area (Å²) in [6, 6.07) is 0.278. The molecule has 0 aromatic carbocycles. The van der Waals surface area contributed by atoms with E-state index in [9.17, 15) is 9.59 Å².